The molecule has 1 aromatic heterocycles. The molecule has 0 fully saturated rings. The highest BCUT2D eigenvalue weighted by Gasteiger charge is 2.14. The summed E-state index contributed by atoms with van der Waals surface area (Å²) in [6.45, 7) is 1.99. The third-order valence-electron chi connectivity index (χ3n) is 1.91. The van der Waals surface area contributed by atoms with Gasteiger partial charge in [-0.15, -0.1) is 0 Å². The van der Waals surface area contributed by atoms with Crippen LogP contribution in [0.5, 0.6) is 0 Å². The van der Waals surface area contributed by atoms with Crippen LogP contribution in [0.15, 0.2) is 17.6 Å². The molecule has 14 heavy (non-hydrogen) atoms. The van der Waals surface area contributed by atoms with E-state index in [0.717, 1.165) is 11.6 Å². The average Bonchev–Trinajstić information content (AvgIpc) is 2.50. The maximum atomic E-state index is 10.5. The number of rotatable bonds is 5. The summed E-state index contributed by atoms with van der Waals surface area (Å²) < 4.78 is 1.90. The summed E-state index contributed by atoms with van der Waals surface area (Å²) in [4.78, 5) is 14.7. The Morgan fingerprint density at radius 1 is 1.79 bits per heavy atom. The Balaban J connectivity index is 2.57. The molecular formula is C9H14N2O2S. The Hall–Kier alpha value is -0.970. The van der Waals surface area contributed by atoms with E-state index in [1.807, 2.05) is 24.7 Å². The summed E-state index contributed by atoms with van der Waals surface area (Å²) in [5, 5.41) is 9.65. The summed E-state index contributed by atoms with van der Waals surface area (Å²) in [7, 11) is 1.91. The molecule has 1 atom stereocenters. The van der Waals surface area contributed by atoms with Gasteiger partial charge in [0.2, 0.25) is 0 Å². The molecule has 0 amide bonds. The van der Waals surface area contributed by atoms with Crippen LogP contribution in [0.1, 0.15) is 19.8 Å². The SMILES string of the molecule is CCC(CC(=O)O)Sc1nccn1C. The van der Waals surface area contributed by atoms with Gasteiger partial charge in [0.1, 0.15) is 0 Å². The zero-order valence-electron chi connectivity index (χ0n) is 8.30. The molecule has 4 nitrogen and oxygen atoms in total. The van der Waals surface area contributed by atoms with Gasteiger partial charge >= 0.3 is 5.97 Å². The lowest BCUT2D eigenvalue weighted by Gasteiger charge is -2.10. The van der Waals surface area contributed by atoms with Crippen LogP contribution in [0, 0.1) is 0 Å². The largest absolute Gasteiger partial charge is 0.481 e. The van der Waals surface area contributed by atoms with Crippen molar-refractivity contribution in [2.45, 2.75) is 30.2 Å². The van der Waals surface area contributed by atoms with Crippen molar-refractivity contribution in [3.63, 3.8) is 0 Å². The van der Waals surface area contributed by atoms with E-state index in [0.29, 0.717) is 0 Å². The van der Waals surface area contributed by atoms with Crippen LogP contribution in [-0.2, 0) is 11.8 Å². The number of carbonyl (C=O) groups is 1. The van der Waals surface area contributed by atoms with Gasteiger partial charge in [-0.25, -0.2) is 4.98 Å². The van der Waals surface area contributed by atoms with Gasteiger partial charge in [0.05, 0.1) is 6.42 Å². The van der Waals surface area contributed by atoms with Crippen molar-refractivity contribution in [1.29, 1.82) is 0 Å². The second kappa shape index (κ2) is 5.05. The molecule has 0 aliphatic rings. The third-order valence-corrected chi connectivity index (χ3v) is 3.34. The van der Waals surface area contributed by atoms with Gasteiger partial charge in [0.15, 0.2) is 5.16 Å². The topological polar surface area (TPSA) is 55.1 Å². The minimum atomic E-state index is -0.751. The number of hydrogen-bond donors (Lipinski definition) is 1. The summed E-state index contributed by atoms with van der Waals surface area (Å²) in [5.74, 6) is -0.751. The minimum absolute atomic E-state index is 0.105. The lowest BCUT2D eigenvalue weighted by molar-refractivity contribution is -0.136. The van der Waals surface area contributed by atoms with Crippen LogP contribution in [0.3, 0.4) is 0 Å². The second-order valence-corrected chi connectivity index (χ2v) is 4.33. The Bertz CT molecular complexity index is 312. The number of imidazole rings is 1. The van der Waals surface area contributed by atoms with Crippen LogP contribution < -0.4 is 0 Å². The molecule has 0 bridgehead atoms. The molecule has 5 heteroatoms. The summed E-state index contributed by atoms with van der Waals surface area (Å²) in [6.07, 6.45) is 4.60. The van der Waals surface area contributed by atoms with Gasteiger partial charge in [-0.1, -0.05) is 18.7 Å². The molecule has 1 unspecified atom stereocenters. The monoisotopic (exact) mass is 214 g/mol. The molecule has 78 valence electrons. The van der Waals surface area contributed by atoms with Crippen molar-refractivity contribution in [3.05, 3.63) is 12.4 Å². The fraction of sp³-hybridized carbons (Fsp3) is 0.556. The number of aryl methyl sites for hydroxylation is 1. The van der Waals surface area contributed by atoms with Crippen molar-refractivity contribution in [2.75, 3.05) is 0 Å². The molecular weight excluding hydrogens is 200 g/mol. The minimum Gasteiger partial charge on any atom is -0.481 e. The normalized spacial score (nSPS) is 12.7. The quantitative estimate of drug-likeness (QED) is 0.759. The van der Waals surface area contributed by atoms with Gasteiger partial charge in [0.25, 0.3) is 0 Å². The Morgan fingerprint density at radius 3 is 2.93 bits per heavy atom. The fourth-order valence-corrected chi connectivity index (χ4v) is 2.12. The van der Waals surface area contributed by atoms with Gasteiger partial charge in [0, 0.05) is 24.7 Å². The lowest BCUT2D eigenvalue weighted by Crippen LogP contribution is -2.09. The molecule has 0 saturated carbocycles. The van der Waals surface area contributed by atoms with E-state index >= 15 is 0 Å². The molecule has 0 aromatic carbocycles. The number of aliphatic carboxylic acids is 1. The maximum Gasteiger partial charge on any atom is 0.304 e. The highest BCUT2D eigenvalue weighted by Crippen LogP contribution is 2.25. The molecule has 0 aliphatic carbocycles. The smallest absolute Gasteiger partial charge is 0.304 e. The van der Waals surface area contributed by atoms with Gasteiger partial charge in [-0.3, -0.25) is 4.79 Å². The van der Waals surface area contributed by atoms with E-state index in [1.54, 1.807) is 6.20 Å². The number of carboxylic acid groups (broad SMARTS) is 1. The maximum absolute atomic E-state index is 10.5. The standard InChI is InChI=1S/C9H14N2O2S/c1-3-7(6-8(12)13)14-9-10-4-5-11(9)2/h4-5,7H,3,6H2,1-2H3,(H,12,13). The van der Waals surface area contributed by atoms with Crippen molar-refractivity contribution in [2.24, 2.45) is 7.05 Å². The fourth-order valence-electron chi connectivity index (χ4n) is 1.08. The number of hydrogen-bond acceptors (Lipinski definition) is 3. The first-order chi connectivity index (χ1) is 6.63. The van der Waals surface area contributed by atoms with E-state index in [4.69, 9.17) is 5.11 Å². The van der Waals surface area contributed by atoms with Crippen molar-refractivity contribution < 1.29 is 9.90 Å². The zero-order chi connectivity index (χ0) is 10.6. The van der Waals surface area contributed by atoms with E-state index in [9.17, 15) is 4.79 Å². The number of nitrogens with zero attached hydrogens (tertiary/aromatic N) is 2. The predicted octanol–water partition coefficient (Wildman–Crippen LogP) is 1.77. The van der Waals surface area contributed by atoms with E-state index in [2.05, 4.69) is 4.98 Å². The van der Waals surface area contributed by atoms with Gasteiger partial charge in [-0.2, -0.15) is 0 Å². The zero-order valence-corrected chi connectivity index (χ0v) is 9.12. The third kappa shape index (κ3) is 3.06. The lowest BCUT2D eigenvalue weighted by atomic mass is 10.2. The first-order valence-corrected chi connectivity index (χ1v) is 5.37. The van der Waals surface area contributed by atoms with Gasteiger partial charge < -0.3 is 9.67 Å². The molecule has 1 N–H and O–H groups in total. The van der Waals surface area contributed by atoms with Crippen molar-refractivity contribution in [1.82, 2.24) is 9.55 Å². The predicted molar refractivity (Wildman–Crippen MR) is 55.4 cm³/mol. The molecule has 0 aliphatic heterocycles. The average molecular weight is 214 g/mol. The molecule has 0 spiro atoms. The van der Waals surface area contributed by atoms with Crippen LogP contribution in [0.2, 0.25) is 0 Å². The first kappa shape index (κ1) is 11.1. The summed E-state index contributed by atoms with van der Waals surface area (Å²) >= 11 is 1.52. The molecule has 0 saturated heterocycles. The summed E-state index contributed by atoms with van der Waals surface area (Å²) in [5.41, 5.74) is 0. The van der Waals surface area contributed by atoms with E-state index in [1.165, 1.54) is 11.8 Å². The Morgan fingerprint density at radius 2 is 2.50 bits per heavy atom. The number of carboxylic acids is 1. The highest BCUT2D eigenvalue weighted by molar-refractivity contribution is 7.99. The highest BCUT2D eigenvalue weighted by atomic mass is 32.2. The number of aromatic nitrogens is 2. The molecule has 0 radical (unpaired) electrons. The molecule has 1 aromatic rings. The van der Waals surface area contributed by atoms with Gasteiger partial charge in [-0.05, 0) is 6.42 Å². The second-order valence-electron chi connectivity index (χ2n) is 3.07. The molecule has 1 rings (SSSR count). The van der Waals surface area contributed by atoms with Crippen molar-refractivity contribution in [3.8, 4) is 0 Å². The van der Waals surface area contributed by atoms with E-state index in [-0.39, 0.29) is 11.7 Å². The van der Waals surface area contributed by atoms with Crippen LogP contribution in [0.4, 0.5) is 0 Å². The Labute approximate surface area is 87.3 Å². The summed E-state index contributed by atoms with van der Waals surface area (Å²) in [6, 6.07) is 0. The Kier molecular flexibility index (Phi) is 4.00. The molecule has 1 heterocycles. The van der Waals surface area contributed by atoms with Crippen molar-refractivity contribution >= 4 is 17.7 Å². The number of thioether (sulfide) groups is 1. The van der Waals surface area contributed by atoms with Crippen LogP contribution in [-0.4, -0.2) is 25.9 Å². The van der Waals surface area contributed by atoms with E-state index < -0.39 is 5.97 Å². The van der Waals surface area contributed by atoms with Crippen LogP contribution in [0.25, 0.3) is 0 Å². The van der Waals surface area contributed by atoms with Crippen LogP contribution >= 0.6 is 11.8 Å². The first-order valence-electron chi connectivity index (χ1n) is 4.49.